The van der Waals surface area contributed by atoms with E-state index in [0.29, 0.717) is 0 Å². The topological polar surface area (TPSA) is 55.8 Å². The summed E-state index contributed by atoms with van der Waals surface area (Å²) in [6.45, 7) is 0.236. The highest BCUT2D eigenvalue weighted by molar-refractivity contribution is 7.10. The molecule has 0 bridgehead atoms. The lowest BCUT2D eigenvalue weighted by atomic mass is 9.82. The Kier molecular flexibility index (Phi) is 5.58. The van der Waals surface area contributed by atoms with Gasteiger partial charge >= 0.3 is 5.97 Å². The Morgan fingerprint density at radius 1 is 1.17 bits per heavy atom. The summed E-state index contributed by atoms with van der Waals surface area (Å²) >= 11 is 1.58. The van der Waals surface area contributed by atoms with Crippen LogP contribution in [0.5, 0.6) is 5.75 Å². The Labute approximate surface area is 173 Å². The minimum absolute atomic E-state index is 0.0486. The van der Waals surface area contributed by atoms with Crippen LogP contribution in [-0.2, 0) is 19.7 Å². The van der Waals surface area contributed by atoms with E-state index in [-0.39, 0.29) is 24.6 Å². The highest BCUT2D eigenvalue weighted by Crippen LogP contribution is 2.45. The lowest BCUT2D eigenvalue weighted by Crippen LogP contribution is -2.50. The number of halogens is 1. The van der Waals surface area contributed by atoms with Crippen LogP contribution in [0.1, 0.15) is 37.0 Å². The molecule has 1 aromatic carbocycles. The molecule has 2 atom stereocenters. The van der Waals surface area contributed by atoms with Crippen LogP contribution in [0.2, 0.25) is 0 Å². The van der Waals surface area contributed by atoms with E-state index in [9.17, 15) is 14.0 Å². The van der Waals surface area contributed by atoms with Gasteiger partial charge in [0.25, 0.3) is 0 Å². The van der Waals surface area contributed by atoms with Gasteiger partial charge in [0.15, 0.2) is 11.6 Å². The molecule has 1 saturated heterocycles. The third-order valence-corrected chi connectivity index (χ3v) is 7.06. The Hall–Kier alpha value is -2.41. The number of carbonyl (C=O) groups excluding carboxylic acids is 2. The number of para-hydroxylation sites is 1. The summed E-state index contributed by atoms with van der Waals surface area (Å²) in [5.41, 5.74) is -0.590. The van der Waals surface area contributed by atoms with Crippen molar-refractivity contribution >= 4 is 23.2 Å². The summed E-state index contributed by atoms with van der Waals surface area (Å²) in [4.78, 5) is 28.9. The number of thiophene rings is 1. The number of nitrogens with zero attached hydrogens (tertiary/aromatic N) is 1. The SMILES string of the molecule is COC(=O)C1CC(Oc2ccccc2F)CN1C(=O)C1(c2cccs2)CCCC1. The third-order valence-electron chi connectivity index (χ3n) is 5.99. The van der Waals surface area contributed by atoms with Crippen LogP contribution in [0.15, 0.2) is 41.8 Å². The maximum Gasteiger partial charge on any atom is 0.328 e. The third kappa shape index (κ3) is 3.64. The van der Waals surface area contributed by atoms with Crippen LogP contribution in [0, 0.1) is 5.82 Å². The molecule has 0 N–H and O–H groups in total. The van der Waals surface area contributed by atoms with Crippen molar-refractivity contribution in [3.05, 3.63) is 52.5 Å². The Morgan fingerprint density at radius 3 is 2.59 bits per heavy atom. The van der Waals surface area contributed by atoms with E-state index < -0.39 is 29.3 Å². The fourth-order valence-corrected chi connectivity index (χ4v) is 5.53. The molecule has 0 radical (unpaired) electrons. The summed E-state index contributed by atoms with van der Waals surface area (Å²) in [6.07, 6.45) is 3.32. The van der Waals surface area contributed by atoms with Gasteiger partial charge in [0.05, 0.1) is 19.1 Å². The van der Waals surface area contributed by atoms with Crippen molar-refractivity contribution in [2.75, 3.05) is 13.7 Å². The van der Waals surface area contributed by atoms with E-state index in [4.69, 9.17) is 9.47 Å². The molecule has 4 rings (SSSR count). The van der Waals surface area contributed by atoms with Gasteiger partial charge in [-0.15, -0.1) is 11.3 Å². The lowest BCUT2D eigenvalue weighted by molar-refractivity contribution is -0.153. The van der Waals surface area contributed by atoms with Gasteiger partial charge in [0, 0.05) is 11.3 Å². The van der Waals surface area contributed by atoms with Gasteiger partial charge in [-0.25, -0.2) is 9.18 Å². The minimum atomic E-state index is -0.721. The van der Waals surface area contributed by atoms with Crippen molar-refractivity contribution in [3.63, 3.8) is 0 Å². The zero-order chi connectivity index (χ0) is 20.4. The Morgan fingerprint density at radius 2 is 1.93 bits per heavy atom. The Balaban J connectivity index is 1.61. The van der Waals surface area contributed by atoms with Gasteiger partial charge in [-0.1, -0.05) is 31.0 Å². The number of carbonyl (C=O) groups is 2. The Bertz CT molecular complexity index is 879. The standard InChI is InChI=1S/C22H24FNO4S/c1-27-20(25)17-13-15(28-18-8-3-2-7-16(18)23)14-24(17)21(26)22(10-4-5-11-22)19-9-6-12-29-19/h2-3,6-9,12,15,17H,4-5,10-11,13-14H2,1H3. The second-order valence-corrected chi connectivity index (χ2v) is 8.62. The van der Waals surface area contributed by atoms with Crippen LogP contribution >= 0.6 is 11.3 Å². The molecular formula is C22H24FNO4S. The van der Waals surface area contributed by atoms with Crippen molar-refractivity contribution in [2.24, 2.45) is 0 Å². The average molecular weight is 418 g/mol. The van der Waals surface area contributed by atoms with E-state index in [0.717, 1.165) is 30.6 Å². The zero-order valence-corrected chi connectivity index (χ0v) is 17.1. The molecule has 1 amide bonds. The van der Waals surface area contributed by atoms with Gasteiger partial charge in [-0.05, 0) is 36.4 Å². The van der Waals surface area contributed by atoms with Crippen LogP contribution in [0.4, 0.5) is 4.39 Å². The van der Waals surface area contributed by atoms with Crippen molar-refractivity contribution in [1.29, 1.82) is 0 Å². The number of methoxy groups -OCH3 is 1. The van der Waals surface area contributed by atoms with E-state index in [1.807, 2.05) is 17.5 Å². The van der Waals surface area contributed by atoms with E-state index in [2.05, 4.69) is 0 Å². The van der Waals surface area contributed by atoms with Crippen molar-refractivity contribution in [2.45, 2.75) is 49.7 Å². The number of hydrogen-bond donors (Lipinski definition) is 0. The number of benzene rings is 1. The molecule has 7 heteroatoms. The minimum Gasteiger partial charge on any atom is -0.485 e. The molecule has 1 aliphatic heterocycles. The molecule has 1 aliphatic carbocycles. The largest absolute Gasteiger partial charge is 0.485 e. The molecule has 0 spiro atoms. The maximum absolute atomic E-state index is 14.0. The zero-order valence-electron chi connectivity index (χ0n) is 16.3. The average Bonchev–Trinajstić information content (AvgIpc) is 3.49. The van der Waals surface area contributed by atoms with Crippen molar-refractivity contribution < 1.29 is 23.5 Å². The summed E-state index contributed by atoms with van der Waals surface area (Å²) in [5.74, 6) is -0.841. The number of amides is 1. The van der Waals surface area contributed by atoms with E-state index in [1.165, 1.54) is 13.2 Å². The quantitative estimate of drug-likeness (QED) is 0.692. The molecule has 2 aliphatic rings. The highest BCUT2D eigenvalue weighted by atomic mass is 32.1. The molecular weight excluding hydrogens is 393 g/mol. The number of rotatable bonds is 5. The highest BCUT2D eigenvalue weighted by Gasteiger charge is 2.51. The molecule has 154 valence electrons. The monoisotopic (exact) mass is 417 g/mol. The fraction of sp³-hybridized carbons (Fsp3) is 0.455. The first-order chi connectivity index (χ1) is 14.0. The number of esters is 1. The predicted octanol–water partition coefficient (Wildman–Crippen LogP) is 3.92. The van der Waals surface area contributed by atoms with Gasteiger partial charge in [-0.2, -0.15) is 0 Å². The predicted molar refractivity (Wildman–Crippen MR) is 107 cm³/mol. The molecule has 2 heterocycles. The van der Waals surface area contributed by atoms with Crippen LogP contribution in [0.3, 0.4) is 0 Å². The van der Waals surface area contributed by atoms with Gasteiger partial charge < -0.3 is 14.4 Å². The first kappa shape index (κ1) is 19.9. The van der Waals surface area contributed by atoms with Crippen molar-refractivity contribution in [3.8, 4) is 5.75 Å². The first-order valence-electron chi connectivity index (χ1n) is 9.89. The number of ether oxygens (including phenoxy) is 2. The molecule has 2 unspecified atom stereocenters. The molecule has 1 aromatic heterocycles. The van der Waals surface area contributed by atoms with Crippen molar-refractivity contribution in [1.82, 2.24) is 4.90 Å². The van der Waals surface area contributed by atoms with Crippen LogP contribution in [-0.4, -0.2) is 42.6 Å². The van der Waals surface area contributed by atoms with Gasteiger partial charge in [0.1, 0.15) is 12.1 Å². The molecule has 5 nitrogen and oxygen atoms in total. The maximum atomic E-state index is 14.0. The van der Waals surface area contributed by atoms with Gasteiger partial charge in [0.2, 0.25) is 5.91 Å². The molecule has 2 fully saturated rings. The summed E-state index contributed by atoms with van der Waals surface area (Å²) < 4.78 is 24.8. The lowest BCUT2D eigenvalue weighted by Gasteiger charge is -2.33. The second-order valence-electron chi connectivity index (χ2n) is 7.67. The normalized spacial score (nSPS) is 23.2. The molecule has 1 saturated carbocycles. The molecule has 29 heavy (non-hydrogen) atoms. The summed E-state index contributed by atoms with van der Waals surface area (Å²) in [6, 6.07) is 9.41. The second kappa shape index (κ2) is 8.14. The number of hydrogen-bond acceptors (Lipinski definition) is 5. The first-order valence-corrected chi connectivity index (χ1v) is 10.8. The summed E-state index contributed by atoms with van der Waals surface area (Å²) in [5, 5.41) is 1.98. The number of likely N-dealkylation sites (tertiary alicyclic amines) is 1. The molecule has 2 aromatic rings. The van der Waals surface area contributed by atoms with Crippen LogP contribution < -0.4 is 4.74 Å². The van der Waals surface area contributed by atoms with E-state index in [1.54, 1.807) is 34.4 Å². The van der Waals surface area contributed by atoms with Crippen LogP contribution in [0.25, 0.3) is 0 Å². The fourth-order valence-electron chi connectivity index (χ4n) is 4.56. The smallest absolute Gasteiger partial charge is 0.328 e. The van der Waals surface area contributed by atoms with E-state index >= 15 is 0 Å². The summed E-state index contributed by atoms with van der Waals surface area (Å²) in [7, 11) is 1.32. The van der Waals surface area contributed by atoms with Gasteiger partial charge in [-0.3, -0.25) is 4.79 Å².